The molecule has 0 amide bonds. The molecule has 12 N–H and O–H groups in total. The van der Waals surface area contributed by atoms with E-state index in [1.165, 1.54) is 0 Å². The van der Waals surface area contributed by atoms with Crippen LogP contribution in [0.3, 0.4) is 0 Å². The zero-order chi connectivity index (χ0) is 39.6. The second-order valence-corrected chi connectivity index (χ2v) is 12.5. The number of benzene rings is 4. The first-order valence-corrected chi connectivity index (χ1v) is 17.3. The van der Waals surface area contributed by atoms with Crippen molar-refractivity contribution in [2.75, 3.05) is 19.4 Å². The van der Waals surface area contributed by atoms with Gasteiger partial charge in [0, 0.05) is 53.6 Å². The molecule has 0 aliphatic heterocycles. The molecule has 15 heteroatoms. The van der Waals surface area contributed by atoms with Crippen LogP contribution in [0.25, 0.3) is 5.57 Å². The maximum absolute atomic E-state index is 12.6. The number of allylic oxidation sites excluding steroid dienone is 1. The minimum Gasteiger partial charge on any atom is -0.404 e. The molecule has 0 aromatic heterocycles. The lowest BCUT2D eigenvalue weighted by molar-refractivity contribution is 0.683. The third-order valence-electron chi connectivity index (χ3n) is 7.13. The molecule has 0 spiro atoms. The van der Waals surface area contributed by atoms with Crippen molar-refractivity contribution in [3.63, 3.8) is 0 Å². The SMILES string of the molecule is C/C(=C/N)c1ccc(S(=O)c2ccc(/C(C)=N\N)cc2)cc1.C/C(C/C(C)=N/N)=N/N.CN=Cc1ccc(/C=N/N)cc1.CNc1ccc(N=N)cc1. The number of anilines is 1. The van der Waals surface area contributed by atoms with E-state index in [1.807, 2.05) is 120 Å². The van der Waals surface area contributed by atoms with Crippen molar-refractivity contribution in [2.24, 2.45) is 59.6 Å². The topological polar surface area (TPSA) is 257 Å². The van der Waals surface area contributed by atoms with E-state index in [4.69, 9.17) is 34.6 Å². The molecule has 14 nitrogen and oxygen atoms in total. The molecule has 0 aliphatic rings. The predicted octanol–water partition coefficient (Wildman–Crippen LogP) is 6.32. The summed E-state index contributed by atoms with van der Waals surface area (Å²) in [5.74, 6) is 20.2. The second-order valence-electron chi connectivity index (χ2n) is 11.0. The first-order valence-electron chi connectivity index (χ1n) is 16.1. The Bertz CT molecular complexity index is 1770. The highest BCUT2D eigenvalue weighted by atomic mass is 32.2. The molecule has 1 atom stereocenters. The summed E-state index contributed by atoms with van der Waals surface area (Å²) in [6.45, 7) is 7.42. The average molecular weight is 738 g/mol. The Kier molecular flexibility index (Phi) is 21.4. The molecule has 0 radical (unpaired) electrons. The van der Waals surface area contributed by atoms with Gasteiger partial charge in [-0.1, -0.05) is 48.5 Å². The van der Waals surface area contributed by atoms with Gasteiger partial charge in [-0.25, -0.2) is 9.74 Å². The molecule has 1 unspecified atom stereocenters. The summed E-state index contributed by atoms with van der Waals surface area (Å²) in [6.07, 6.45) is 5.62. The Morgan fingerprint density at radius 3 is 1.55 bits per heavy atom. The van der Waals surface area contributed by atoms with Gasteiger partial charge >= 0.3 is 0 Å². The van der Waals surface area contributed by atoms with Crippen LogP contribution < -0.4 is 34.4 Å². The first-order chi connectivity index (χ1) is 25.5. The lowest BCUT2D eigenvalue weighted by Gasteiger charge is -2.06. The molecule has 4 rings (SSSR count). The second kappa shape index (κ2) is 25.5. The molecule has 0 aliphatic carbocycles. The highest BCUT2D eigenvalue weighted by Gasteiger charge is 2.08. The molecule has 53 heavy (non-hydrogen) atoms. The monoisotopic (exact) mass is 737 g/mol. The maximum Gasteiger partial charge on any atom is 0.0851 e. The van der Waals surface area contributed by atoms with Crippen molar-refractivity contribution in [2.45, 2.75) is 43.9 Å². The Hall–Kier alpha value is -6.48. The summed E-state index contributed by atoms with van der Waals surface area (Å²) in [6, 6.07) is 30.1. The van der Waals surface area contributed by atoms with Crippen LogP contribution in [0.15, 0.2) is 144 Å². The van der Waals surface area contributed by atoms with Gasteiger partial charge in [-0.15, -0.1) is 0 Å². The number of aliphatic imine (C=N–C) groups is 1. The van der Waals surface area contributed by atoms with Gasteiger partial charge in [-0.05, 0) is 110 Å². The molecule has 0 bridgehead atoms. The van der Waals surface area contributed by atoms with E-state index in [9.17, 15) is 4.21 Å². The minimum atomic E-state index is -1.22. The number of nitrogens with zero attached hydrogens (tertiary/aromatic N) is 6. The first kappa shape index (κ1) is 44.5. The zero-order valence-electron chi connectivity index (χ0n) is 31.1. The van der Waals surface area contributed by atoms with Gasteiger partial charge in [0.25, 0.3) is 0 Å². The fraction of sp³-hybridized carbons (Fsp3) is 0.184. The van der Waals surface area contributed by atoms with Crippen LogP contribution in [0.4, 0.5) is 11.4 Å². The van der Waals surface area contributed by atoms with E-state index in [2.05, 4.69) is 35.8 Å². The highest BCUT2D eigenvalue weighted by molar-refractivity contribution is 7.85. The molecule has 0 saturated heterocycles. The van der Waals surface area contributed by atoms with Crippen LogP contribution in [0.1, 0.15) is 56.4 Å². The van der Waals surface area contributed by atoms with Crippen molar-refractivity contribution >= 4 is 57.3 Å². The van der Waals surface area contributed by atoms with Crippen molar-refractivity contribution in [3.8, 4) is 0 Å². The van der Waals surface area contributed by atoms with Crippen molar-refractivity contribution in [1.29, 1.82) is 5.53 Å². The van der Waals surface area contributed by atoms with E-state index in [0.29, 0.717) is 12.1 Å². The summed E-state index contributed by atoms with van der Waals surface area (Å²) >= 11 is 0. The minimum absolute atomic E-state index is 0.660. The largest absolute Gasteiger partial charge is 0.404 e. The average Bonchev–Trinajstić information content (AvgIpc) is 3.21. The fourth-order valence-corrected chi connectivity index (χ4v) is 5.07. The van der Waals surface area contributed by atoms with Gasteiger partial charge in [0.1, 0.15) is 0 Å². The number of nitrogens with two attached hydrogens (primary N) is 5. The Labute approximate surface area is 314 Å². The smallest absolute Gasteiger partial charge is 0.0851 e. The van der Waals surface area contributed by atoms with Crippen molar-refractivity contribution in [3.05, 3.63) is 126 Å². The van der Waals surface area contributed by atoms with E-state index in [0.717, 1.165) is 60.4 Å². The van der Waals surface area contributed by atoms with Gasteiger partial charge in [0.15, 0.2) is 0 Å². The van der Waals surface area contributed by atoms with Crippen LogP contribution in [0.2, 0.25) is 0 Å². The molecular formula is C38H51N13OS. The molecule has 4 aromatic rings. The summed E-state index contributed by atoms with van der Waals surface area (Å²) in [5.41, 5.74) is 21.3. The van der Waals surface area contributed by atoms with Gasteiger partial charge in [-0.2, -0.15) is 25.5 Å². The molecule has 0 saturated carbocycles. The van der Waals surface area contributed by atoms with Crippen LogP contribution in [0.5, 0.6) is 0 Å². The standard InChI is InChI=1S/C17H19N3OS.C9H11N3.C7H9N3.C5H12N4/c1-12(11-18)14-3-7-16(8-4-14)22(21)17-9-5-15(6-10-17)13(2)20-19;1-11-6-8-2-4-9(5-3-8)7-12-10;1-9-6-2-4-7(10-8)5-3-6;1-4(8-6)3-5(2)9-7/h3-11H,18-19H2,1-2H3;2-7H,10H2,1H3;2-5,8-9H,1H3;3,6-7H2,1-2H3/b12-11-,20-13-;11-6?,12-7+;;8-4-,9-5+. The third-order valence-corrected chi connectivity index (χ3v) is 8.53. The van der Waals surface area contributed by atoms with Crippen molar-refractivity contribution in [1.82, 2.24) is 0 Å². The van der Waals surface area contributed by atoms with Gasteiger partial charge in [0.2, 0.25) is 0 Å². The summed E-state index contributed by atoms with van der Waals surface area (Å²) < 4.78 is 12.6. The summed E-state index contributed by atoms with van der Waals surface area (Å²) in [4.78, 5) is 5.40. The Morgan fingerprint density at radius 2 is 1.17 bits per heavy atom. The maximum atomic E-state index is 12.6. The molecular weight excluding hydrogens is 687 g/mol. The van der Waals surface area contributed by atoms with E-state index >= 15 is 0 Å². The van der Waals surface area contributed by atoms with E-state index in [1.54, 1.807) is 37.8 Å². The summed E-state index contributed by atoms with van der Waals surface area (Å²) in [5, 5.41) is 20.2. The van der Waals surface area contributed by atoms with Gasteiger partial charge in [-0.3, -0.25) is 4.99 Å². The van der Waals surface area contributed by atoms with Crippen LogP contribution in [0, 0.1) is 5.53 Å². The third kappa shape index (κ3) is 16.9. The fourth-order valence-electron chi connectivity index (χ4n) is 4.04. The summed E-state index contributed by atoms with van der Waals surface area (Å²) in [7, 11) is 2.38. The van der Waals surface area contributed by atoms with Crippen LogP contribution in [-0.4, -0.2) is 47.9 Å². The molecule has 280 valence electrons. The number of hydrogen-bond donors (Lipinski definition) is 7. The van der Waals surface area contributed by atoms with Gasteiger partial charge < -0.3 is 34.4 Å². The van der Waals surface area contributed by atoms with Crippen molar-refractivity contribution < 1.29 is 4.21 Å². The molecule has 4 aromatic carbocycles. The lowest BCUT2D eigenvalue weighted by Crippen LogP contribution is -2.05. The number of nitrogens with one attached hydrogen (secondary N) is 2. The highest BCUT2D eigenvalue weighted by Crippen LogP contribution is 2.20. The Morgan fingerprint density at radius 1 is 0.698 bits per heavy atom. The van der Waals surface area contributed by atoms with Gasteiger partial charge in [0.05, 0.1) is 28.4 Å². The number of hydrogen-bond acceptors (Lipinski definition) is 14. The molecule has 0 heterocycles. The molecule has 0 fully saturated rings. The predicted molar refractivity (Wildman–Crippen MR) is 224 cm³/mol. The van der Waals surface area contributed by atoms with Crippen LogP contribution in [-0.2, 0) is 10.8 Å². The van der Waals surface area contributed by atoms with E-state index in [-0.39, 0.29) is 0 Å². The normalized spacial score (nSPS) is 12.4. The Balaban J connectivity index is 0.000000384. The van der Waals surface area contributed by atoms with E-state index < -0.39 is 10.8 Å². The number of rotatable bonds is 10. The number of hydrazone groups is 4. The quantitative estimate of drug-likeness (QED) is 0.0421. The lowest BCUT2D eigenvalue weighted by atomic mass is 10.1. The van der Waals surface area contributed by atoms with Crippen LogP contribution >= 0.6 is 0 Å². The zero-order valence-corrected chi connectivity index (χ0v) is 31.9.